The van der Waals surface area contributed by atoms with Crippen LogP contribution in [0.15, 0.2) is 16.6 Å². The number of nitrogens with one attached hydrogen (secondary N) is 1. The second kappa shape index (κ2) is 9.10. The van der Waals surface area contributed by atoms with Crippen LogP contribution in [0.1, 0.15) is 17.2 Å². The molecule has 8 heteroatoms. The van der Waals surface area contributed by atoms with Crippen LogP contribution in [0.4, 0.5) is 8.78 Å². The molecule has 1 aliphatic rings. The molecule has 1 saturated heterocycles. The second-order valence-corrected chi connectivity index (χ2v) is 5.64. The Hall–Kier alpha value is -0.140. The maximum absolute atomic E-state index is 13.4. The summed E-state index contributed by atoms with van der Waals surface area (Å²) in [6.07, 6.45) is -2.53. The number of halogens is 5. The molecule has 0 aromatic heterocycles. The zero-order valence-corrected chi connectivity index (χ0v) is 14.7. The van der Waals surface area contributed by atoms with Gasteiger partial charge in [0.15, 0.2) is 0 Å². The van der Waals surface area contributed by atoms with Gasteiger partial charge in [0.1, 0.15) is 11.8 Å². The molecule has 1 heterocycles. The highest BCUT2D eigenvalue weighted by Crippen LogP contribution is 2.37. The van der Waals surface area contributed by atoms with Crippen LogP contribution in [-0.2, 0) is 0 Å². The molecule has 2 N–H and O–H groups in total. The van der Waals surface area contributed by atoms with Crippen LogP contribution in [0, 0.1) is 6.92 Å². The van der Waals surface area contributed by atoms with Crippen molar-refractivity contribution in [2.24, 2.45) is 0 Å². The Morgan fingerprint density at radius 3 is 2.33 bits per heavy atom. The molecule has 0 unspecified atom stereocenters. The molecule has 21 heavy (non-hydrogen) atoms. The van der Waals surface area contributed by atoms with E-state index in [1.807, 2.05) is 0 Å². The number of aryl methyl sites for hydroxylation is 1. The van der Waals surface area contributed by atoms with Crippen LogP contribution in [0.3, 0.4) is 0 Å². The summed E-state index contributed by atoms with van der Waals surface area (Å²) in [5.74, 6) is -0.0352. The molecule has 1 aliphatic heterocycles. The summed E-state index contributed by atoms with van der Waals surface area (Å²) in [6, 6.07) is 2.25. The molecule has 3 nitrogen and oxygen atoms in total. The fraction of sp³-hybridized carbons (Fsp3) is 0.538. The third-order valence-electron chi connectivity index (χ3n) is 3.40. The first-order valence-corrected chi connectivity index (χ1v) is 7.02. The van der Waals surface area contributed by atoms with Crippen LogP contribution >= 0.6 is 40.7 Å². The van der Waals surface area contributed by atoms with Gasteiger partial charge in [-0.2, -0.15) is 0 Å². The van der Waals surface area contributed by atoms with Crippen molar-refractivity contribution < 1.29 is 13.9 Å². The molecule has 0 aliphatic carbocycles. The third-order valence-corrected chi connectivity index (χ3v) is 3.85. The SMILES string of the molecule is Cc1cc(Br)cc([C@@H](C(F)F)N2CCNCC2)c1O.Cl.Cl. The van der Waals surface area contributed by atoms with Gasteiger partial charge in [-0.25, -0.2) is 8.78 Å². The number of nitrogens with zero attached hydrogens (tertiary/aromatic N) is 1. The minimum absolute atomic E-state index is 0. The first-order chi connectivity index (χ1) is 9.00. The van der Waals surface area contributed by atoms with Gasteiger partial charge in [0.05, 0.1) is 0 Å². The quantitative estimate of drug-likeness (QED) is 0.804. The summed E-state index contributed by atoms with van der Waals surface area (Å²) in [6.45, 7) is 4.21. The molecular formula is C13H19BrCl2F2N2O. The van der Waals surface area contributed by atoms with E-state index in [0.717, 1.165) is 0 Å². The standard InChI is InChI=1S/C13H17BrF2N2O.2ClH/c1-8-6-9(14)7-10(12(8)19)11(13(15)16)18-4-2-17-3-5-18;;/h6-7,11,13,17,19H,2-5H2,1H3;2*1H/t11-;;/m0../s1. The lowest BCUT2D eigenvalue weighted by Crippen LogP contribution is -2.46. The Balaban J connectivity index is 0.00000200. The molecule has 2 rings (SSSR count). The van der Waals surface area contributed by atoms with Crippen molar-refractivity contribution >= 4 is 40.7 Å². The van der Waals surface area contributed by atoms with Gasteiger partial charge in [0.25, 0.3) is 6.43 Å². The van der Waals surface area contributed by atoms with Crippen molar-refractivity contribution in [1.29, 1.82) is 0 Å². The van der Waals surface area contributed by atoms with Crippen LogP contribution < -0.4 is 5.32 Å². The van der Waals surface area contributed by atoms with Crippen LogP contribution in [0.2, 0.25) is 0 Å². The average molecular weight is 408 g/mol. The summed E-state index contributed by atoms with van der Waals surface area (Å²) in [4.78, 5) is 1.72. The van der Waals surface area contributed by atoms with Crippen molar-refractivity contribution in [2.45, 2.75) is 19.4 Å². The monoisotopic (exact) mass is 406 g/mol. The molecule has 1 fully saturated rings. The summed E-state index contributed by atoms with van der Waals surface area (Å²) in [5, 5.41) is 13.2. The van der Waals surface area contributed by atoms with Crippen molar-refractivity contribution in [3.63, 3.8) is 0 Å². The maximum Gasteiger partial charge on any atom is 0.258 e. The zero-order chi connectivity index (χ0) is 14.0. The summed E-state index contributed by atoms with van der Waals surface area (Å²) >= 11 is 3.30. The van der Waals surface area contributed by atoms with Crippen molar-refractivity contribution in [3.8, 4) is 5.75 Å². The summed E-state index contributed by atoms with van der Waals surface area (Å²) in [7, 11) is 0. The molecule has 1 atom stereocenters. The van der Waals surface area contributed by atoms with E-state index in [1.165, 1.54) is 0 Å². The van der Waals surface area contributed by atoms with Crippen molar-refractivity contribution in [1.82, 2.24) is 10.2 Å². The lowest BCUT2D eigenvalue weighted by molar-refractivity contribution is 0.0169. The minimum Gasteiger partial charge on any atom is -0.507 e. The van der Waals surface area contributed by atoms with Gasteiger partial charge in [-0.1, -0.05) is 15.9 Å². The largest absolute Gasteiger partial charge is 0.507 e. The molecule has 1 aromatic carbocycles. The topological polar surface area (TPSA) is 35.5 Å². The molecule has 0 spiro atoms. The molecule has 0 radical (unpaired) electrons. The molecular weight excluding hydrogens is 389 g/mol. The number of piperazine rings is 1. The normalized spacial score (nSPS) is 17.0. The van der Waals surface area contributed by atoms with E-state index in [9.17, 15) is 13.9 Å². The fourth-order valence-corrected chi connectivity index (χ4v) is 3.03. The fourth-order valence-electron chi connectivity index (χ4n) is 2.44. The van der Waals surface area contributed by atoms with E-state index in [2.05, 4.69) is 21.2 Å². The molecule has 0 saturated carbocycles. The van der Waals surface area contributed by atoms with Gasteiger partial charge in [-0.3, -0.25) is 4.90 Å². The molecule has 0 bridgehead atoms. The van der Waals surface area contributed by atoms with Gasteiger partial charge < -0.3 is 10.4 Å². The Morgan fingerprint density at radius 1 is 1.24 bits per heavy atom. The average Bonchev–Trinajstić information content (AvgIpc) is 2.36. The molecule has 122 valence electrons. The minimum atomic E-state index is -2.53. The number of rotatable bonds is 3. The van der Waals surface area contributed by atoms with Crippen LogP contribution in [-0.4, -0.2) is 42.6 Å². The number of hydrogen-bond acceptors (Lipinski definition) is 3. The van der Waals surface area contributed by atoms with Gasteiger partial charge in [0, 0.05) is 36.2 Å². The third kappa shape index (κ3) is 4.93. The van der Waals surface area contributed by atoms with Gasteiger partial charge in [-0.15, -0.1) is 24.8 Å². The predicted molar refractivity (Wildman–Crippen MR) is 88.2 cm³/mol. The number of phenols is 1. The van der Waals surface area contributed by atoms with Crippen molar-refractivity contribution in [3.05, 3.63) is 27.7 Å². The number of hydrogen-bond donors (Lipinski definition) is 2. The van der Waals surface area contributed by atoms with E-state index in [-0.39, 0.29) is 30.6 Å². The van der Waals surface area contributed by atoms with Gasteiger partial charge in [0.2, 0.25) is 0 Å². The molecule has 0 amide bonds. The van der Waals surface area contributed by atoms with Gasteiger partial charge >= 0.3 is 0 Å². The Labute approximate surface area is 144 Å². The van der Waals surface area contributed by atoms with E-state index >= 15 is 0 Å². The van der Waals surface area contributed by atoms with Crippen molar-refractivity contribution in [2.75, 3.05) is 26.2 Å². The first-order valence-electron chi connectivity index (χ1n) is 6.22. The predicted octanol–water partition coefficient (Wildman–Crippen LogP) is 3.52. The van der Waals surface area contributed by atoms with Gasteiger partial charge in [-0.05, 0) is 24.6 Å². The van der Waals surface area contributed by atoms with E-state index in [1.54, 1.807) is 24.0 Å². The highest BCUT2D eigenvalue weighted by molar-refractivity contribution is 9.10. The Bertz CT molecular complexity index is 460. The smallest absolute Gasteiger partial charge is 0.258 e. The van der Waals surface area contributed by atoms with E-state index in [0.29, 0.717) is 41.8 Å². The zero-order valence-electron chi connectivity index (χ0n) is 11.5. The van der Waals surface area contributed by atoms with Crippen LogP contribution in [0.25, 0.3) is 0 Å². The highest BCUT2D eigenvalue weighted by atomic mass is 79.9. The van der Waals surface area contributed by atoms with E-state index < -0.39 is 12.5 Å². The maximum atomic E-state index is 13.4. The number of alkyl halides is 2. The highest BCUT2D eigenvalue weighted by Gasteiger charge is 2.32. The first kappa shape index (κ1) is 20.9. The summed E-state index contributed by atoms with van der Waals surface area (Å²) < 4.78 is 27.6. The number of aromatic hydroxyl groups is 1. The molecule has 1 aromatic rings. The Kier molecular flexibility index (Phi) is 9.04. The number of benzene rings is 1. The summed E-state index contributed by atoms with van der Waals surface area (Å²) in [5.41, 5.74) is 0.897. The number of phenolic OH excluding ortho intramolecular Hbond substituents is 1. The lowest BCUT2D eigenvalue weighted by atomic mass is 10.0. The lowest BCUT2D eigenvalue weighted by Gasteiger charge is -2.35. The van der Waals surface area contributed by atoms with E-state index in [4.69, 9.17) is 0 Å². The van der Waals surface area contributed by atoms with Crippen LogP contribution in [0.5, 0.6) is 5.75 Å². The second-order valence-electron chi connectivity index (χ2n) is 4.73. The Morgan fingerprint density at radius 2 is 1.81 bits per heavy atom.